The molecule has 0 aliphatic carbocycles. The van der Waals surface area contributed by atoms with Crippen LogP contribution in [0.2, 0.25) is 0 Å². The van der Waals surface area contributed by atoms with Gasteiger partial charge in [-0.2, -0.15) is 0 Å². The minimum atomic E-state index is 0.279. The normalized spacial score (nSPS) is 9.57. The van der Waals surface area contributed by atoms with E-state index in [4.69, 9.17) is 0 Å². The number of anilines is 1. The summed E-state index contributed by atoms with van der Waals surface area (Å²) in [6.07, 6.45) is 2.02. The summed E-state index contributed by atoms with van der Waals surface area (Å²) < 4.78 is 4.69. The van der Waals surface area contributed by atoms with Crippen LogP contribution in [0.25, 0.3) is 0 Å². The molecule has 0 N–H and O–H groups in total. The summed E-state index contributed by atoms with van der Waals surface area (Å²) >= 11 is 1.67. The van der Waals surface area contributed by atoms with Crippen LogP contribution in [0.5, 0.6) is 0 Å². The van der Waals surface area contributed by atoms with E-state index in [-0.39, 0.29) is 6.73 Å². The molecule has 76 valence electrons. The van der Waals surface area contributed by atoms with Crippen molar-refractivity contribution in [1.29, 1.82) is 0 Å². The molecule has 4 heteroatoms. The molecule has 0 saturated carbocycles. The fraction of sp³-hybridized carbons (Fsp3) is 0.300. The highest BCUT2D eigenvalue weighted by Crippen LogP contribution is 2.27. The third kappa shape index (κ3) is 2.67. The molecule has 0 bridgehead atoms. The van der Waals surface area contributed by atoms with Crippen molar-refractivity contribution in [3.63, 3.8) is 0 Å². The first-order valence-corrected chi connectivity index (χ1v) is 5.41. The molecular weight excluding hydrogens is 198 g/mol. The van der Waals surface area contributed by atoms with Crippen LogP contribution in [0.15, 0.2) is 29.2 Å². The van der Waals surface area contributed by atoms with Crippen LogP contribution in [-0.4, -0.2) is 26.5 Å². The zero-order valence-corrected chi connectivity index (χ0v) is 9.08. The lowest BCUT2D eigenvalue weighted by atomic mass is 10.3. The molecular formula is C10H13NO2S. The topological polar surface area (TPSA) is 29.5 Å². The van der Waals surface area contributed by atoms with Gasteiger partial charge in [0.1, 0.15) is 0 Å². The van der Waals surface area contributed by atoms with Gasteiger partial charge in [0.05, 0.1) is 5.69 Å². The molecule has 14 heavy (non-hydrogen) atoms. The highest BCUT2D eigenvalue weighted by atomic mass is 32.2. The van der Waals surface area contributed by atoms with Gasteiger partial charge in [0, 0.05) is 11.9 Å². The van der Waals surface area contributed by atoms with Gasteiger partial charge < -0.3 is 9.64 Å². The molecule has 0 saturated heterocycles. The number of para-hydroxylation sites is 1. The lowest BCUT2D eigenvalue weighted by Gasteiger charge is -2.19. The summed E-state index contributed by atoms with van der Waals surface area (Å²) in [4.78, 5) is 13.1. The Labute approximate surface area is 88.0 Å². The Hall–Kier alpha value is -1.16. The first-order chi connectivity index (χ1) is 6.79. The van der Waals surface area contributed by atoms with Crippen molar-refractivity contribution in [3.05, 3.63) is 24.3 Å². The molecule has 1 rings (SSSR count). The van der Waals surface area contributed by atoms with Gasteiger partial charge >= 0.3 is 0 Å². The summed E-state index contributed by atoms with van der Waals surface area (Å²) in [6, 6.07) is 7.99. The van der Waals surface area contributed by atoms with Crippen LogP contribution in [0.3, 0.4) is 0 Å². The maximum Gasteiger partial charge on any atom is 0.294 e. The van der Waals surface area contributed by atoms with Gasteiger partial charge in [-0.3, -0.25) is 4.79 Å². The van der Waals surface area contributed by atoms with Gasteiger partial charge in [0.2, 0.25) is 0 Å². The smallest absolute Gasteiger partial charge is 0.294 e. The van der Waals surface area contributed by atoms with E-state index < -0.39 is 0 Å². The van der Waals surface area contributed by atoms with E-state index >= 15 is 0 Å². The monoisotopic (exact) mass is 211 g/mol. The van der Waals surface area contributed by atoms with Gasteiger partial charge in [0.15, 0.2) is 6.73 Å². The second kappa shape index (κ2) is 5.54. The van der Waals surface area contributed by atoms with Gasteiger partial charge in [-0.1, -0.05) is 12.1 Å². The van der Waals surface area contributed by atoms with E-state index in [9.17, 15) is 4.79 Å². The number of ether oxygens (including phenoxy) is 1. The molecule has 0 aromatic heterocycles. The average molecular weight is 211 g/mol. The molecule has 0 spiro atoms. The zero-order valence-electron chi connectivity index (χ0n) is 8.27. The molecule has 1 aromatic rings. The van der Waals surface area contributed by atoms with Crippen LogP contribution in [0.4, 0.5) is 5.69 Å². The maximum absolute atomic E-state index is 10.0. The van der Waals surface area contributed by atoms with E-state index in [0.29, 0.717) is 6.47 Å². The number of nitrogens with zero attached hydrogens (tertiary/aromatic N) is 1. The Morgan fingerprint density at radius 3 is 2.86 bits per heavy atom. The third-order valence-corrected chi connectivity index (χ3v) is 2.62. The molecule has 0 atom stereocenters. The fourth-order valence-corrected chi connectivity index (χ4v) is 1.80. The van der Waals surface area contributed by atoms with Crippen LogP contribution in [-0.2, 0) is 9.53 Å². The minimum absolute atomic E-state index is 0.279. The van der Waals surface area contributed by atoms with E-state index in [1.807, 2.05) is 42.5 Å². The Kier molecular flexibility index (Phi) is 4.32. The highest BCUT2D eigenvalue weighted by molar-refractivity contribution is 7.98. The lowest BCUT2D eigenvalue weighted by Crippen LogP contribution is -2.20. The Morgan fingerprint density at radius 1 is 1.50 bits per heavy atom. The first-order valence-electron chi connectivity index (χ1n) is 4.19. The number of hydrogen-bond acceptors (Lipinski definition) is 4. The fourth-order valence-electron chi connectivity index (χ4n) is 1.16. The summed E-state index contributed by atoms with van der Waals surface area (Å²) in [5.74, 6) is 0. The number of hydrogen-bond donors (Lipinski definition) is 0. The van der Waals surface area contributed by atoms with Crippen LogP contribution >= 0.6 is 11.8 Å². The standard InChI is InChI=1S/C10H13NO2S/c1-11(7-13-8-12)9-5-3-4-6-10(9)14-2/h3-6,8H,7H2,1-2H3. The maximum atomic E-state index is 10.0. The number of rotatable bonds is 5. The Morgan fingerprint density at radius 2 is 2.21 bits per heavy atom. The summed E-state index contributed by atoms with van der Waals surface area (Å²) in [5.41, 5.74) is 1.07. The van der Waals surface area contributed by atoms with Crippen LogP contribution in [0, 0.1) is 0 Å². The number of thioether (sulfide) groups is 1. The summed E-state index contributed by atoms with van der Waals surface area (Å²) in [7, 11) is 1.89. The predicted octanol–water partition coefficient (Wildman–Crippen LogP) is 1.98. The van der Waals surface area contributed by atoms with E-state index in [0.717, 1.165) is 5.69 Å². The first kappa shape index (κ1) is 10.9. The number of benzene rings is 1. The van der Waals surface area contributed by atoms with Crippen molar-refractivity contribution in [2.45, 2.75) is 4.90 Å². The third-order valence-electron chi connectivity index (χ3n) is 1.83. The molecule has 0 unspecified atom stereocenters. The molecule has 0 amide bonds. The Bertz CT molecular complexity index is 304. The number of carbonyl (C=O) groups excluding carboxylic acids is 1. The molecule has 0 radical (unpaired) electrons. The van der Waals surface area contributed by atoms with Crippen molar-refractivity contribution in [3.8, 4) is 0 Å². The lowest BCUT2D eigenvalue weighted by molar-refractivity contribution is -0.128. The molecule has 0 heterocycles. The van der Waals surface area contributed by atoms with Crippen molar-refractivity contribution in [2.75, 3.05) is 24.9 Å². The SMILES string of the molecule is CSc1ccccc1N(C)COC=O. The predicted molar refractivity (Wildman–Crippen MR) is 58.6 cm³/mol. The van der Waals surface area contributed by atoms with Gasteiger partial charge in [-0.15, -0.1) is 11.8 Å². The molecule has 1 aromatic carbocycles. The van der Waals surface area contributed by atoms with Gasteiger partial charge in [-0.25, -0.2) is 0 Å². The average Bonchev–Trinajstić information content (AvgIpc) is 2.25. The van der Waals surface area contributed by atoms with E-state index in [2.05, 4.69) is 4.74 Å². The van der Waals surface area contributed by atoms with E-state index in [1.165, 1.54) is 4.90 Å². The second-order valence-electron chi connectivity index (χ2n) is 2.76. The largest absolute Gasteiger partial charge is 0.446 e. The zero-order chi connectivity index (χ0) is 10.4. The van der Waals surface area contributed by atoms with E-state index in [1.54, 1.807) is 11.8 Å². The summed E-state index contributed by atoms with van der Waals surface area (Å²) in [5, 5.41) is 0. The number of carbonyl (C=O) groups is 1. The van der Waals surface area contributed by atoms with Gasteiger partial charge in [0.25, 0.3) is 6.47 Å². The van der Waals surface area contributed by atoms with Crippen molar-refractivity contribution >= 4 is 23.9 Å². The molecule has 0 aliphatic heterocycles. The Balaban J connectivity index is 2.77. The summed E-state index contributed by atoms with van der Waals surface area (Å²) in [6.45, 7) is 0.735. The highest BCUT2D eigenvalue weighted by Gasteiger charge is 2.05. The molecule has 0 fully saturated rings. The van der Waals surface area contributed by atoms with Gasteiger partial charge in [-0.05, 0) is 18.4 Å². The second-order valence-corrected chi connectivity index (χ2v) is 3.61. The van der Waals surface area contributed by atoms with Crippen LogP contribution < -0.4 is 4.90 Å². The molecule has 0 aliphatic rings. The molecule has 3 nitrogen and oxygen atoms in total. The van der Waals surface area contributed by atoms with Crippen molar-refractivity contribution in [1.82, 2.24) is 0 Å². The minimum Gasteiger partial charge on any atom is -0.446 e. The quantitative estimate of drug-likeness (QED) is 0.423. The van der Waals surface area contributed by atoms with Crippen LogP contribution in [0.1, 0.15) is 0 Å². The van der Waals surface area contributed by atoms with Crippen molar-refractivity contribution in [2.24, 2.45) is 0 Å². The van der Waals surface area contributed by atoms with Crippen molar-refractivity contribution < 1.29 is 9.53 Å².